The van der Waals surface area contributed by atoms with Crippen LogP contribution in [-0.4, -0.2) is 76.8 Å². The summed E-state index contributed by atoms with van der Waals surface area (Å²) in [6, 6.07) is 5.09. The molecule has 4 rings (SSSR count). The first-order valence-electron chi connectivity index (χ1n) is 11.4. The molecule has 2 N–H and O–H groups in total. The van der Waals surface area contributed by atoms with E-state index >= 15 is 0 Å². The van der Waals surface area contributed by atoms with E-state index in [0.717, 1.165) is 25.9 Å². The number of ether oxygens (including phenoxy) is 2. The Kier molecular flexibility index (Phi) is 8.22. The molecule has 1 saturated heterocycles. The summed E-state index contributed by atoms with van der Waals surface area (Å²) in [5, 5.41) is 13.1. The molecule has 1 fully saturated rings. The Morgan fingerprint density at radius 2 is 1.94 bits per heavy atom. The Hall–Kier alpha value is -3.02. The first-order valence-corrected chi connectivity index (χ1v) is 13.0. The van der Waals surface area contributed by atoms with E-state index < -0.39 is 6.09 Å². The number of halogens is 1. The summed E-state index contributed by atoms with van der Waals surface area (Å²) < 4.78 is 12.5. The fourth-order valence-corrected chi connectivity index (χ4v) is 5.02. The van der Waals surface area contributed by atoms with E-state index in [0.29, 0.717) is 56.9 Å². The van der Waals surface area contributed by atoms with Crippen LogP contribution < -0.4 is 20.3 Å². The lowest BCUT2D eigenvalue weighted by atomic mass is 10.0. The zero-order valence-electron chi connectivity index (χ0n) is 20.3. The van der Waals surface area contributed by atoms with Crippen molar-refractivity contribution in [3.63, 3.8) is 0 Å². The molecule has 0 atom stereocenters. The maximum Gasteiger partial charge on any atom is 0.404 e. The number of piperidine rings is 1. The minimum Gasteiger partial charge on any atom is -0.497 e. The van der Waals surface area contributed by atoms with Gasteiger partial charge in [0.2, 0.25) is 0 Å². The summed E-state index contributed by atoms with van der Waals surface area (Å²) in [7, 11) is 3.05. The zero-order valence-corrected chi connectivity index (χ0v) is 21.9. The minimum absolute atomic E-state index is 0.0484. The van der Waals surface area contributed by atoms with Gasteiger partial charge in [0.05, 0.1) is 19.2 Å². The van der Waals surface area contributed by atoms with Crippen molar-refractivity contribution in [3.8, 4) is 22.6 Å². The average Bonchev–Trinajstić information content (AvgIpc) is 2.88. The Morgan fingerprint density at radius 1 is 1.19 bits per heavy atom. The van der Waals surface area contributed by atoms with Gasteiger partial charge >= 0.3 is 6.09 Å². The Bertz CT molecular complexity index is 1330. The van der Waals surface area contributed by atoms with Crippen LogP contribution in [0.25, 0.3) is 22.2 Å². The predicted octanol–water partition coefficient (Wildman–Crippen LogP) is 3.58. The number of hydrogen-bond acceptors (Lipinski definition) is 8. The number of likely N-dealkylation sites (tertiary alicyclic amines) is 1. The van der Waals surface area contributed by atoms with Crippen molar-refractivity contribution in [2.24, 2.45) is 0 Å². The Labute approximate surface area is 217 Å². The van der Waals surface area contributed by atoms with E-state index in [1.165, 1.54) is 26.0 Å². The summed E-state index contributed by atoms with van der Waals surface area (Å²) in [4.78, 5) is 36.0. The Balaban J connectivity index is 1.72. The van der Waals surface area contributed by atoms with E-state index in [1.54, 1.807) is 29.0 Å². The maximum atomic E-state index is 13.8. The molecule has 192 valence electrons. The van der Waals surface area contributed by atoms with Crippen molar-refractivity contribution in [2.75, 3.05) is 40.1 Å². The Morgan fingerprint density at radius 3 is 2.58 bits per heavy atom. The van der Waals surface area contributed by atoms with Gasteiger partial charge in [0, 0.05) is 61.0 Å². The van der Waals surface area contributed by atoms with E-state index in [-0.39, 0.29) is 11.6 Å². The molecule has 10 nitrogen and oxygen atoms in total. The SMILES string of the molecule is COc1cc(OC)c(Cl)c(-c2cc3cnc(SC)nc3n(CCN3CCC(NC(=O)O)CC3)c2=O)c1. The number of carboxylic acid groups (broad SMARTS) is 1. The second-order valence-corrected chi connectivity index (χ2v) is 9.56. The number of nitrogens with zero attached hydrogens (tertiary/aromatic N) is 4. The summed E-state index contributed by atoms with van der Waals surface area (Å²) in [6.45, 7) is 2.50. The molecule has 1 aliphatic rings. The molecule has 1 aliphatic heterocycles. The molecule has 0 saturated carbocycles. The van der Waals surface area contributed by atoms with Crippen LogP contribution in [0.3, 0.4) is 0 Å². The lowest BCUT2D eigenvalue weighted by molar-refractivity contribution is 0.166. The molecule has 3 heterocycles. The minimum atomic E-state index is -1.000. The summed E-state index contributed by atoms with van der Waals surface area (Å²) in [5.41, 5.74) is 1.22. The number of rotatable bonds is 8. The molecule has 1 amide bonds. The van der Waals surface area contributed by atoms with Gasteiger partial charge in [-0.2, -0.15) is 0 Å². The summed E-state index contributed by atoms with van der Waals surface area (Å²) >= 11 is 8.03. The third-order valence-electron chi connectivity index (χ3n) is 6.30. The molecule has 12 heteroatoms. The second-order valence-electron chi connectivity index (χ2n) is 8.41. The summed E-state index contributed by atoms with van der Waals surface area (Å²) in [6.07, 6.45) is 4.04. The molecule has 0 bridgehead atoms. The first-order chi connectivity index (χ1) is 17.3. The maximum absolute atomic E-state index is 13.8. The van der Waals surface area contributed by atoms with Gasteiger partial charge in [0.15, 0.2) is 5.16 Å². The molecule has 0 unspecified atom stereocenters. The molecule has 0 radical (unpaired) electrons. The monoisotopic (exact) mass is 533 g/mol. The number of nitrogens with one attached hydrogen (secondary N) is 1. The molecule has 36 heavy (non-hydrogen) atoms. The summed E-state index contributed by atoms with van der Waals surface area (Å²) in [5.74, 6) is 0.924. The van der Waals surface area contributed by atoms with Crippen LogP contribution in [0.2, 0.25) is 5.02 Å². The van der Waals surface area contributed by atoms with Gasteiger partial charge < -0.3 is 24.8 Å². The number of hydrogen-bond donors (Lipinski definition) is 2. The van der Waals surface area contributed by atoms with Crippen molar-refractivity contribution >= 4 is 40.5 Å². The standard InChI is InChI=1S/C24H28ClN5O5S/c1-34-16-11-17(20(25)19(12-16)35-2)18-10-14-13-26-23(36-3)28-21(14)30(22(18)31)9-8-29-6-4-15(5-7-29)27-24(32)33/h10-13,15,27H,4-9H2,1-3H3,(H,32,33). The number of methoxy groups -OCH3 is 2. The van der Waals surface area contributed by atoms with E-state index in [1.807, 2.05) is 6.26 Å². The fourth-order valence-electron chi connectivity index (χ4n) is 4.39. The molecule has 0 spiro atoms. The number of thioether (sulfide) groups is 1. The molecule has 0 aliphatic carbocycles. The highest BCUT2D eigenvalue weighted by molar-refractivity contribution is 7.98. The number of pyridine rings is 1. The molecule has 1 aromatic carbocycles. The topological polar surface area (TPSA) is 119 Å². The van der Waals surface area contributed by atoms with Gasteiger partial charge in [-0.3, -0.25) is 9.36 Å². The molecular formula is C24H28ClN5O5S. The third-order valence-corrected chi connectivity index (χ3v) is 7.25. The average molecular weight is 534 g/mol. The van der Waals surface area contributed by atoms with Gasteiger partial charge in [-0.05, 0) is 31.2 Å². The number of benzene rings is 1. The van der Waals surface area contributed by atoms with Crippen LogP contribution in [0, 0.1) is 0 Å². The van der Waals surface area contributed by atoms with E-state index in [9.17, 15) is 9.59 Å². The van der Waals surface area contributed by atoms with Crippen molar-refractivity contribution < 1.29 is 19.4 Å². The predicted molar refractivity (Wildman–Crippen MR) is 140 cm³/mol. The number of amides is 1. The van der Waals surface area contributed by atoms with Crippen LogP contribution >= 0.6 is 23.4 Å². The highest BCUT2D eigenvalue weighted by Gasteiger charge is 2.22. The normalized spacial score (nSPS) is 14.7. The van der Waals surface area contributed by atoms with Gasteiger partial charge in [-0.25, -0.2) is 14.8 Å². The van der Waals surface area contributed by atoms with Crippen LogP contribution in [0.1, 0.15) is 12.8 Å². The number of aromatic nitrogens is 3. The molecule has 2 aromatic heterocycles. The number of fused-ring (bicyclic) bond motifs is 1. The van der Waals surface area contributed by atoms with Crippen molar-refractivity contribution in [2.45, 2.75) is 30.6 Å². The van der Waals surface area contributed by atoms with Crippen molar-refractivity contribution in [1.82, 2.24) is 24.8 Å². The largest absolute Gasteiger partial charge is 0.497 e. The van der Waals surface area contributed by atoms with Gasteiger partial charge in [0.25, 0.3) is 5.56 Å². The zero-order chi connectivity index (χ0) is 25.8. The van der Waals surface area contributed by atoms with E-state index in [4.69, 9.17) is 26.2 Å². The van der Waals surface area contributed by atoms with Gasteiger partial charge in [-0.15, -0.1) is 0 Å². The van der Waals surface area contributed by atoms with Crippen molar-refractivity contribution in [1.29, 1.82) is 0 Å². The van der Waals surface area contributed by atoms with Gasteiger partial charge in [-0.1, -0.05) is 23.4 Å². The molecule has 3 aromatic rings. The lowest BCUT2D eigenvalue weighted by Crippen LogP contribution is -2.45. The van der Waals surface area contributed by atoms with E-state index in [2.05, 4.69) is 20.2 Å². The van der Waals surface area contributed by atoms with Crippen LogP contribution in [0.5, 0.6) is 11.5 Å². The smallest absolute Gasteiger partial charge is 0.404 e. The highest BCUT2D eigenvalue weighted by atomic mass is 35.5. The van der Waals surface area contributed by atoms with Crippen LogP contribution in [0.15, 0.2) is 34.3 Å². The third kappa shape index (κ3) is 5.53. The first kappa shape index (κ1) is 26.1. The lowest BCUT2D eigenvalue weighted by Gasteiger charge is -2.31. The fraction of sp³-hybridized carbons (Fsp3) is 0.417. The second kappa shape index (κ2) is 11.4. The quantitative estimate of drug-likeness (QED) is 0.330. The van der Waals surface area contributed by atoms with Crippen LogP contribution in [0.4, 0.5) is 4.79 Å². The number of carbonyl (C=O) groups is 1. The highest BCUT2D eigenvalue weighted by Crippen LogP contribution is 2.38. The van der Waals surface area contributed by atoms with Crippen LogP contribution in [-0.2, 0) is 6.54 Å². The molecular weight excluding hydrogens is 506 g/mol. The van der Waals surface area contributed by atoms with Crippen molar-refractivity contribution in [3.05, 3.63) is 39.8 Å². The van der Waals surface area contributed by atoms with Gasteiger partial charge in [0.1, 0.15) is 17.1 Å².